The smallest absolute Gasteiger partial charge is 0.320 e. The molecular weight excluding hydrogens is 172 g/mol. The summed E-state index contributed by atoms with van der Waals surface area (Å²) in [7, 11) is 0. The first-order chi connectivity index (χ1) is 6.09. The molecule has 0 saturated heterocycles. The van der Waals surface area contributed by atoms with Crippen molar-refractivity contribution in [2.45, 2.75) is 12.5 Å². The van der Waals surface area contributed by atoms with Crippen LogP contribution in [0.25, 0.3) is 0 Å². The second kappa shape index (κ2) is 3.81. The standard InChI is InChI=1S/C7H10N4O2/c8-5(6(12)13)1-4-2-10-7(9)11-3-4/h2-3,5H,1,8H2,(H,12,13)(H2,9,10,11). The maximum Gasteiger partial charge on any atom is 0.320 e. The average molecular weight is 182 g/mol. The molecule has 1 aromatic heterocycles. The van der Waals surface area contributed by atoms with Crippen molar-refractivity contribution in [3.05, 3.63) is 18.0 Å². The number of nitrogen functional groups attached to an aromatic ring is 1. The van der Waals surface area contributed by atoms with Gasteiger partial charge in [-0.3, -0.25) is 4.79 Å². The number of carboxylic acid groups (broad SMARTS) is 1. The second-order valence-electron chi connectivity index (χ2n) is 2.60. The molecule has 0 amide bonds. The van der Waals surface area contributed by atoms with Gasteiger partial charge in [-0.25, -0.2) is 9.97 Å². The van der Waals surface area contributed by atoms with Crippen molar-refractivity contribution in [1.29, 1.82) is 0 Å². The number of nitrogens with zero attached hydrogens (tertiary/aromatic N) is 2. The molecule has 1 heterocycles. The first kappa shape index (κ1) is 9.40. The van der Waals surface area contributed by atoms with Gasteiger partial charge in [-0.15, -0.1) is 0 Å². The van der Waals surface area contributed by atoms with E-state index in [-0.39, 0.29) is 12.4 Å². The Balaban J connectivity index is 2.64. The Kier molecular flexibility index (Phi) is 2.76. The lowest BCUT2D eigenvalue weighted by Gasteiger charge is -2.04. The molecule has 0 aromatic carbocycles. The van der Waals surface area contributed by atoms with E-state index in [1.54, 1.807) is 0 Å². The minimum absolute atomic E-state index is 0.160. The molecular formula is C7H10N4O2. The highest BCUT2D eigenvalue weighted by molar-refractivity contribution is 5.73. The van der Waals surface area contributed by atoms with Gasteiger partial charge >= 0.3 is 5.97 Å². The van der Waals surface area contributed by atoms with Gasteiger partial charge in [-0.1, -0.05) is 0 Å². The topological polar surface area (TPSA) is 115 Å². The van der Waals surface area contributed by atoms with Crippen LogP contribution in [0.3, 0.4) is 0 Å². The number of aliphatic carboxylic acids is 1. The van der Waals surface area contributed by atoms with Gasteiger partial charge in [0.15, 0.2) is 0 Å². The fourth-order valence-corrected chi connectivity index (χ4v) is 0.811. The van der Waals surface area contributed by atoms with Crippen LogP contribution in [0.1, 0.15) is 5.56 Å². The van der Waals surface area contributed by atoms with Crippen molar-refractivity contribution in [2.75, 3.05) is 5.73 Å². The van der Waals surface area contributed by atoms with Crippen LogP contribution in [0, 0.1) is 0 Å². The lowest BCUT2D eigenvalue weighted by molar-refractivity contribution is -0.138. The average Bonchev–Trinajstić information content (AvgIpc) is 2.08. The first-order valence-corrected chi connectivity index (χ1v) is 3.64. The Labute approximate surface area is 74.6 Å². The maximum absolute atomic E-state index is 10.4. The number of hydrogen-bond donors (Lipinski definition) is 3. The number of aromatic nitrogens is 2. The third-order valence-corrected chi connectivity index (χ3v) is 1.50. The van der Waals surface area contributed by atoms with Gasteiger partial charge in [0.05, 0.1) is 0 Å². The van der Waals surface area contributed by atoms with E-state index < -0.39 is 12.0 Å². The fraction of sp³-hybridized carbons (Fsp3) is 0.286. The fourth-order valence-electron chi connectivity index (χ4n) is 0.811. The monoisotopic (exact) mass is 182 g/mol. The molecule has 1 atom stereocenters. The molecule has 1 aromatic rings. The van der Waals surface area contributed by atoms with Crippen molar-refractivity contribution in [1.82, 2.24) is 9.97 Å². The lowest BCUT2D eigenvalue weighted by Crippen LogP contribution is -2.32. The summed E-state index contributed by atoms with van der Waals surface area (Å²) in [6.07, 6.45) is 3.13. The summed E-state index contributed by atoms with van der Waals surface area (Å²) in [5.41, 5.74) is 11.2. The van der Waals surface area contributed by atoms with Crippen LogP contribution in [0.2, 0.25) is 0 Å². The molecule has 0 bridgehead atoms. The van der Waals surface area contributed by atoms with E-state index in [0.29, 0.717) is 5.56 Å². The van der Waals surface area contributed by atoms with Crippen molar-refractivity contribution in [3.63, 3.8) is 0 Å². The molecule has 0 radical (unpaired) electrons. The molecule has 1 rings (SSSR count). The summed E-state index contributed by atoms with van der Waals surface area (Å²) < 4.78 is 0. The zero-order valence-electron chi connectivity index (χ0n) is 6.84. The Morgan fingerprint density at radius 1 is 1.54 bits per heavy atom. The number of hydrogen-bond acceptors (Lipinski definition) is 5. The molecule has 5 N–H and O–H groups in total. The van der Waals surface area contributed by atoms with Crippen molar-refractivity contribution in [2.24, 2.45) is 5.73 Å². The molecule has 6 heteroatoms. The molecule has 70 valence electrons. The summed E-state index contributed by atoms with van der Waals surface area (Å²) in [5, 5.41) is 8.51. The number of rotatable bonds is 3. The van der Waals surface area contributed by atoms with Crippen molar-refractivity contribution >= 4 is 11.9 Å². The number of carbonyl (C=O) groups is 1. The summed E-state index contributed by atoms with van der Waals surface area (Å²) in [5.74, 6) is -0.885. The van der Waals surface area contributed by atoms with Crippen LogP contribution in [0.4, 0.5) is 5.95 Å². The van der Waals surface area contributed by atoms with Crippen molar-refractivity contribution in [3.8, 4) is 0 Å². The summed E-state index contributed by atoms with van der Waals surface area (Å²) in [6.45, 7) is 0. The molecule has 0 aliphatic rings. The quantitative estimate of drug-likeness (QED) is 0.553. The normalized spacial score (nSPS) is 12.4. The predicted octanol–water partition coefficient (Wildman–Crippen LogP) is -0.987. The SMILES string of the molecule is Nc1ncc(CC(N)C(=O)O)cn1. The highest BCUT2D eigenvalue weighted by Gasteiger charge is 2.12. The highest BCUT2D eigenvalue weighted by Crippen LogP contribution is 2.00. The predicted molar refractivity (Wildman–Crippen MR) is 45.8 cm³/mol. The third kappa shape index (κ3) is 2.68. The second-order valence-corrected chi connectivity index (χ2v) is 2.60. The van der Waals surface area contributed by atoms with Crippen LogP contribution in [-0.4, -0.2) is 27.1 Å². The molecule has 0 saturated carbocycles. The van der Waals surface area contributed by atoms with Crippen LogP contribution in [-0.2, 0) is 11.2 Å². The van der Waals surface area contributed by atoms with Gasteiger partial charge in [0.1, 0.15) is 6.04 Å². The van der Waals surface area contributed by atoms with Crippen LogP contribution >= 0.6 is 0 Å². The van der Waals surface area contributed by atoms with E-state index in [0.717, 1.165) is 0 Å². The molecule has 0 aliphatic heterocycles. The first-order valence-electron chi connectivity index (χ1n) is 3.64. The van der Waals surface area contributed by atoms with Gasteiger partial charge in [-0.2, -0.15) is 0 Å². The Morgan fingerprint density at radius 3 is 2.54 bits per heavy atom. The largest absolute Gasteiger partial charge is 0.480 e. The van der Waals surface area contributed by atoms with Gasteiger partial charge in [-0.05, 0) is 5.56 Å². The Bertz CT molecular complexity index is 298. The summed E-state index contributed by atoms with van der Waals surface area (Å²) >= 11 is 0. The van der Waals surface area contributed by atoms with Crippen LogP contribution in [0.15, 0.2) is 12.4 Å². The molecule has 6 nitrogen and oxygen atoms in total. The minimum Gasteiger partial charge on any atom is -0.480 e. The molecule has 1 unspecified atom stereocenters. The third-order valence-electron chi connectivity index (χ3n) is 1.50. The van der Waals surface area contributed by atoms with E-state index >= 15 is 0 Å². The zero-order valence-corrected chi connectivity index (χ0v) is 6.84. The Morgan fingerprint density at radius 2 is 2.08 bits per heavy atom. The van der Waals surface area contributed by atoms with Crippen LogP contribution < -0.4 is 11.5 Å². The van der Waals surface area contributed by atoms with E-state index in [2.05, 4.69) is 9.97 Å². The van der Waals surface area contributed by atoms with E-state index in [1.165, 1.54) is 12.4 Å². The number of anilines is 1. The van der Waals surface area contributed by atoms with Crippen LogP contribution in [0.5, 0.6) is 0 Å². The maximum atomic E-state index is 10.4. The minimum atomic E-state index is -1.04. The van der Waals surface area contributed by atoms with Gasteiger partial charge in [0.25, 0.3) is 0 Å². The number of carboxylic acids is 1. The molecule has 0 aliphatic carbocycles. The van der Waals surface area contributed by atoms with Crippen molar-refractivity contribution < 1.29 is 9.90 Å². The summed E-state index contributed by atoms with van der Waals surface area (Å²) in [6, 6.07) is -0.924. The lowest BCUT2D eigenvalue weighted by atomic mass is 10.1. The molecule has 0 spiro atoms. The molecule has 13 heavy (non-hydrogen) atoms. The highest BCUT2D eigenvalue weighted by atomic mass is 16.4. The van der Waals surface area contributed by atoms with Gasteiger partial charge < -0.3 is 16.6 Å². The van der Waals surface area contributed by atoms with E-state index in [1.807, 2.05) is 0 Å². The van der Waals surface area contributed by atoms with E-state index in [9.17, 15) is 4.79 Å². The van der Waals surface area contributed by atoms with E-state index in [4.69, 9.17) is 16.6 Å². The Hall–Kier alpha value is -1.69. The van der Waals surface area contributed by atoms with Gasteiger partial charge in [0.2, 0.25) is 5.95 Å². The number of nitrogens with two attached hydrogens (primary N) is 2. The summed E-state index contributed by atoms with van der Waals surface area (Å²) in [4.78, 5) is 17.8. The zero-order chi connectivity index (χ0) is 9.84. The molecule has 0 fully saturated rings. The van der Waals surface area contributed by atoms with Gasteiger partial charge in [0, 0.05) is 18.8 Å².